The van der Waals surface area contributed by atoms with Crippen molar-refractivity contribution in [1.29, 1.82) is 0 Å². The van der Waals surface area contributed by atoms with Gasteiger partial charge in [-0.15, -0.1) is 0 Å². The third-order valence-electron chi connectivity index (χ3n) is 4.88. The Balaban J connectivity index is 1.96. The first kappa shape index (κ1) is 19.8. The normalized spacial score (nSPS) is 16.3. The van der Waals surface area contributed by atoms with Gasteiger partial charge < -0.3 is 9.47 Å². The lowest BCUT2D eigenvalue weighted by Crippen LogP contribution is -2.39. The zero-order chi connectivity index (χ0) is 21.4. The van der Waals surface area contributed by atoms with Crippen molar-refractivity contribution in [2.75, 3.05) is 14.2 Å². The quantitative estimate of drug-likeness (QED) is 0.587. The molecule has 3 aromatic rings. The van der Waals surface area contributed by atoms with Gasteiger partial charge in [0.15, 0.2) is 4.80 Å². The second-order valence-corrected chi connectivity index (χ2v) is 7.80. The van der Waals surface area contributed by atoms with Crippen molar-refractivity contribution in [3.8, 4) is 5.75 Å². The lowest BCUT2D eigenvalue weighted by molar-refractivity contribution is -0.136. The van der Waals surface area contributed by atoms with Crippen LogP contribution in [0.1, 0.15) is 24.1 Å². The van der Waals surface area contributed by atoms with Gasteiger partial charge in [0.25, 0.3) is 5.56 Å². The number of thiazole rings is 1. The molecule has 0 N–H and O–H groups in total. The fourth-order valence-electron chi connectivity index (χ4n) is 3.46. The smallest absolute Gasteiger partial charge is 0.338 e. The molecule has 1 aliphatic heterocycles. The second-order valence-electron chi connectivity index (χ2n) is 6.79. The number of allylic oxidation sites excluding steroid dienone is 1. The van der Waals surface area contributed by atoms with E-state index >= 15 is 0 Å². The monoisotopic (exact) mass is 424 g/mol. The molecule has 0 saturated carbocycles. The molecule has 0 saturated heterocycles. The molecule has 1 atom stereocenters. The molecule has 8 nitrogen and oxygen atoms in total. The summed E-state index contributed by atoms with van der Waals surface area (Å²) in [7, 11) is 4.72. The predicted molar refractivity (Wildman–Crippen MR) is 112 cm³/mol. The number of fused-ring (bicyclic) bond motifs is 1. The molecule has 0 radical (unpaired) electrons. The lowest BCUT2D eigenvalue weighted by atomic mass is 9.96. The van der Waals surface area contributed by atoms with Crippen molar-refractivity contribution >= 4 is 23.4 Å². The standard InChI is InChI=1S/C21H20N4O4S/c1-12-17(20(27)29-4)18(14-5-7-15(28-3)8-6-14)25-19(26)16(30-21(25)23-12)9-13-10-22-24(2)11-13/h5-11,18H,1-4H3/t18-/m0/s1. The fraction of sp³-hybridized carbons (Fsp3) is 0.238. The van der Waals surface area contributed by atoms with E-state index in [4.69, 9.17) is 9.47 Å². The van der Waals surface area contributed by atoms with Gasteiger partial charge in [-0.2, -0.15) is 5.10 Å². The molecule has 0 bridgehead atoms. The Morgan fingerprint density at radius 3 is 2.57 bits per heavy atom. The number of ether oxygens (including phenoxy) is 2. The summed E-state index contributed by atoms with van der Waals surface area (Å²) in [5.74, 6) is 0.168. The highest BCUT2D eigenvalue weighted by molar-refractivity contribution is 7.07. The minimum absolute atomic E-state index is 0.225. The first-order valence-electron chi connectivity index (χ1n) is 9.16. The maximum atomic E-state index is 13.4. The summed E-state index contributed by atoms with van der Waals surface area (Å²) in [5, 5.41) is 4.14. The SMILES string of the molecule is COC(=O)C1=C(C)N=c2sc(=Cc3cnn(C)c3)c(=O)n2[C@H]1c1ccc(OC)cc1. The Kier molecular flexibility index (Phi) is 5.13. The van der Waals surface area contributed by atoms with E-state index in [0.717, 1.165) is 11.1 Å². The zero-order valence-electron chi connectivity index (χ0n) is 16.9. The van der Waals surface area contributed by atoms with Gasteiger partial charge in [-0.25, -0.2) is 9.79 Å². The van der Waals surface area contributed by atoms with E-state index in [-0.39, 0.29) is 5.56 Å². The molecular formula is C21H20N4O4S. The number of aromatic nitrogens is 3. The highest BCUT2D eigenvalue weighted by Crippen LogP contribution is 2.31. The summed E-state index contributed by atoms with van der Waals surface area (Å²) in [6.45, 7) is 1.75. The van der Waals surface area contributed by atoms with E-state index in [9.17, 15) is 9.59 Å². The molecule has 1 aromatic carbocycles. The highest BCUT2D eigenvalue weighted by Gasteiger charge is 2.33. The van der Waals surface area contributed by atoms with Crippen LogP contribution in [0.4, 0.5) is 0 Å². The van der Waals surface area contributed by atoms with Crippen LogP contribution >= 0.6 is 11.3 Å². The third-order valence-corrected chi connectivity index (χ3v) is 5.86. The number of rotatable bonds is 4. The minimum atomic E-state index is -0.643. The molecule has 1 aliphatic rings. The Bertz CT molecular complexity index is 1330. The summed E-state index contributed by atoms with van der Waals surface area (Å²) in [5.41, 5.74) is 2.21. The number of benzene rings is 1. The summed E-state index contributed by atoms with van der Waals surface area (Å²) in [4.78, 5) is 31.0. The van der Waals surface area contributed by atoms with E-state index in [0.29, 0.717) is 26.4 Å². The number of aryl methyl sites for hydroxylation is 1. The second kappa shape index (κ2) is 7.75. The number of methoxy groups -OCH3 is 2. The number of hydrogen-bond donors (Lipinski definition) is 0. The van der Waals surface area contributed by atoms with Crippen LogP contribution < -0.4 is 19.6 Å². The molecule has 9 heteroatoms. The molecule has 3 heterocycles. The van der Waals surface area contributed by atoms with Crippen molar-refractivity contribution < 1.29 is 14.3 Å². The molecule has 30 heavy (non-hydrogen) atoms. The largest absolute Gasteiger partial charge is 0.497 e. The number of nitrogens with zero attached hydrogens (tertiary/aromatic N) is 4. The molecular weight excluding hydrogens is 404 g/mol. The molecule has 0 spiro atoms. The highest BCUT2D eigenvalue weighted by atomic mass is 32.1. The number of carbonyl (C=O) groups excluding carboxylic acids is 1. The van der Waals surface area contributed by atoms with Gasteiger partial charge in [0.1, 0.15) is 5.75 Å². The maximum Gasteiger partial charge on any atom is 0.338 e. The number of hydrogen-bond acceptors (Lipinski definition) is 7. The Morgan fingerprint density at radius 2 is 1.97 bits per heavy atom. The van der Waals surface area contributed by atoms with Crippen molar-refractivity contribution in [3.05, 3.63) is 78.7 Å². The molecule has 0 amide bonds. The topological polar surface area (TPSA) is 87.7 Å². The van der Waals surface area contributed by atoms with Gasteiger partial charge in [-0.3, -0.25) is 14.0 Å². The van der Waals surface area contributed by atoms with Crippen LogP contribution in [0.25, 0.3) is 6.08 Å². The molecule has 2 aromatic heterocycles. The van der Waals surface area contributed by atoms with E-state index in [2.05, 4.69) is 10.1 Å². The van der Waals surface area contributed by atoms with Gasteiger partial charge in [-0.1, -0.05) is 23.5 Å². The average molecular weight is 424 g/mol. The summed E-state index contributed by atoms with van der Waals surface area (Å²) >= 11 is 1.28. The molecule has 4 rings (SSSR count). The first-order chi connectivity index (χ1) is 14.4. The van der Waals surface area contributed by atoms with E-state index in [1.165, 1.54) is 18.4 Å². The van der Waals surface area contributed by atoms with Crippen molar-refractivity contribution in [3.63, 3.8) is 0 Å². The minimum Gasteiger partial charge on any atom is -0.497 e. The Hall–Kier alpha value is -3.46. The van der Waals surface area contributed by atoms with Gasteiger partial charge in [0, 0.05) is 18.8 Å². The lowest BCUT2D eigenvalue weighted by Gasteiger charge is -2.24. The van der Waals surface area contributed by atoms with Gasteiger partial charge >= 0.3 is 5.97 Å². The average Bonchev–Trinajstić information content (AvgIpc) is 3.29. The Morgan fingerprint density at radius 1 is 1.23 bits per heavy atom. The van der Waals surface area contributed by atoms with Crippen molar-refractivity contribution in [1.82, 2.24) is 14.3 Å². The molecule has 0 fully saturated rings. The number of esters is 1. The summed E-state index contributed by atoms with van der Waals surface area (Å²) in [6.07, 6.45) is 5.29. The number of carbonyl (C=O) groups is 1. The van der Waals surface area contributed by atoms with Gasteiger partial charge in [0.2, 0.25) is 0 Å². The predicted octanol–water partition coefficient (Wildman–Crippen LogP) is 1.15. The van der Waals surface area contributed by atoms with Crippen molar-refractivity contribution in [2.24, 2.45) is 12.0 Å². The first-order valence-corrected chi connectivity index (χ1v) is 9.98. The van der Waals surface area contributed by atoms with Crippen LogP contribution in [-0.2, 0) is 16.6 Å². The molecule has 0 aliphatic carbocycles. The maximum absolute atomic E-state index is 13.4. The van der Waals surface area contributed by atoms with Crippen LogP contribution in [0.3, 0.4) is 0 Å². The Labute approximate surface area is 176 Å². The molecule has 0 unspecified atom stereocenters. The van der Waals surface area contributed by atoms with E-state index in [1.807, 2.05) is 25.4 Å². The van der Waals surface area contributed by atoms with E-state index < -0.39 is 12.0 Å². The van der Waals surface area contributed by atoms with Crippen LogP contribution in [0.15, 0.2) is 57.7 Å². The summed E-state index contributed by atoms with van der Waals surface area (Å²) in [6, 6.07) is 6.62. The van der Waals surface area contributed by atoms with Gasteiger partial charge in [0.05, 0.1) is 42.3 Å². The zero-order valence-corrected chi connectivity index (χ0v) is 17.8. The summed E-state index contributed by atoms with van der Waals surface area (Å²) < 4.78 is 14.0. The van der Waals surface area contributed by atoms with Gasteiger partial charge in [-0.05, 0) is 30.7 Å². The third kappa shape index (κ3) is 3.37. The van der Waals surface area contributed by atoms with Crippen molar-refractivity contribution in [2.45, 2.75) is 13.0 Å². The van der Waals surface area contributed by atoms with E-state index in [1.54, 1.807) is 47.7 Å². The fourth-order valence-corrected chi connectivity index (χ4v) is 4.51. The van der Waals surface area contributed by atoms with Crippen LogP contribution in [0, 0.1) is 0 Å². The van der Waals surface area contributed by atoms with Crippen LogP contribution in [0.2, 0.25) is 0 Å². The van der Waals surface area contributed by atoms with Crippen LogP contribution in [-0.4, -0.2) is 34.5 Å². The molecule has 154 valence electrons. The van der Waals surface area contributed by atoms with Crippen LogP contribution in [0.5, 0.6) is 5.75 Å².